The fourth-order valence-electron chi connectivity index (χ4n) is 1.45. The molecule has 0 amide bonds. The number of nitrogens with two attached hydrogens (primary N) is 1. The topological polar surface area (TPSA) is 35.2 Å². The summed E-state index contributed by atoms with van der Waals surface area (Å²) in [6.07, 6.45) is 0. The fourth-order valence-corrected chi connectivity index (χ4v) is 2.45. The van der Waals surface area contributed by atoms with Crippen LogP contribution in [0.1, 0.15) is 10.4 Å². The van der Waals surface area contributed by atoms with Crippen LogP contribution in [0.3, 0.4) is 0 Å². The van der Waals surface area contributed by atoms with Crippen LogP contribution in [-0.2, 0) is 13.2 Å². The SMILES string of the molecule is NCc1cccc(F)c1OCc1ccc(Cl)s1. The van der Waals surface area contributed by atoms with Gasteiger partial charge in [0.2, 0.25) is 0 Å². The van der Waals surface area contributed by atoms with Gasteiger partial charge in [0.15, 0.2) is 11.6 Å². The predicted octanol–water partition coefficient (Wildman–Crippen LogP) is 3.58. The Hall–Kier alpha value is -1.10. The lowest BCUT2D eigenvalue weighted by Gasteiger charge is -2.10. The van der Waals surface area contributed by atoms with Crippen LogP contribution >= 0.6 is 22.9 Å². The first-order valence-corrected chi connectivity index (χ1v) is 6.24. The van der Waals surface area contributed by atoms with Gasteiger partial charge in [-0.3, -0.25) is 0 Å². The van der Waals surface area contributed by atoms with E-state index in [1.165, 1.54) is 17.4 Å². The molecule has 0 saturated heterocycles. The van der Waals surface area contributed by atoms with Crippen LogP contribution in [0.5, 0.6) is 5.75 Å². The van der Waals surface area contributed by atoms with Crippen molar-refractivity contribution in [3.8, 4) is 5.75 Å². The van der Waals surface area contributed by atoms with Gasteiger partial charge in [-0.1, -0.05) is 23.7 Å². The average Bonchev–Trinajstić information content (AvgIpc) is 2.73. The molecule has 1 aromatic carbocycles. The quantitative estimate of drug-likeness (QED) is 0.922. The Balaban J connectivity index is 2.13. The van der Waals surface area contributed by atoms with Crippen molar-refractivity contribution < 1.29 is 9.13 Å². The molecule has 0 aliphatic rings. The fraction of sp³-hybridized carbons (Fsp3) is 0.167. The van der Waals surface area contributed by atoms with Crippen LogP contribution < -0.4 is 10.5 Å². The van der Waals surface area contributed by atoms with Crippen molar-refractivity contribution in [1.29, 1.82) is 0 Å². The molecule has 1 heterocycles. The van der Waals surface area contributed by atoms with Gasteiger partial charge in [-0.2, -0.15) is 0 Å². The maximum atomic E-state index is 13.5. The molecule has 5 heteroatoms. The molecular weight excluding hydrogens is 261 g/mol. The highest BCUT2D eigenvalue weighted by Gasteiger charge is 2.09. The lowest BCUT2D eigenvalue weighted by Crippen LogP contribution is -2.03. The zero-order valence-electron chi connectivity index (χ0n) is 8.95. The van der Waals surface area contributed by atoms with E-state index in [1.807, 2.05) is 6.07 Å². The third-order valence-electron chi connectivity index (χ3n) is 2.26. The van der Waals surface area contributed by atoms with Gasteiger partial charge in [-0.25, -0.2) is 4.39 Å². The van der Waals surface area contributed by atoms with Crippen molar-refractivity contribution in [2.75, 3.05) is 0 Å². The highest BCUT2D eigenvalue weighted by molar-refractivity contribution is 7.16. The minimum Gasteiger partial charge on any atom is -0.485 e. The molecular formula is C12H11ClFNOS. The van der Waals surface area contributed by atoms with Gasteiger partial charge in [0.05, 0.1) is 4.34 Å². The summed E-state index contributed by atoms with van der Waals surface area (Å²) in [6, 6.07) is 8.37. The summed E-state index contributed by atoms with van der Waals surface area (Å²) in [5.41, 5.74) is 6.19. The van der Waals surface area contributed by atoms with E-state index in [0.29, 0.717) is 16.5 Å². The summed E-state index contributed by atoms with van der Waals surface area (Å²) in [7, 11) is 0. The number of halogens is 2. The predicted molar refractivity (Wildman–Crippen MR) is 68.0 cm³/mol. The minimum atomic E-state index is -0.393. The Labute approximate surface area is 108 Å². The first-order chi connectivity index (χ1) is 8.20. The molecule has 0 aliphatic carbocycles. The molecule has 17 heavy (non-hydrogen) atoms. The second kappa shape index (κ2) is 5.49. The van der Waals surface area contributed by atoms with Crippen molar-refractivity contribution >= 4 is 22.9 Å². The van der Waals surface area contributed by atoms with Crippen LogP contribution in [0.4, 0.5) is 4.39 Å². The lowest BCUT2D eigenvalue weighted by molar-refractivity contribution is 0.290. The van der Waals surface area contributed by atoms with Gasteiger partial charge >= 0.3 is 0 Å². The molecule has 0 fully saturated rings. The van der Waals surface area contributed by atoms with E-state index in [4.69, 9.17) is 22.1 Å². The van der Waals surface area contributed by atoms with Crippen molar-refractivity contribution in [2.45, 2.75) is 13.2 Å². The Morgan fingerprint density at radius 2 is 2.12 bits per heavy atom. The van der Waals surface area contributed by atoms with Crippen molar-refractivity contribution in [2.24, 2.45) is 5.73 Å². The number of thiophene rings is 1. The van der Waals surface area contributed by atoms with Gasteiger partial charge in [-0.05, 0) is 18.2 Å². The number of rotatable bonds is 4. The summed E-state index contributed by atoms with van der Waals surface area (Å²) in [5.74, 6) is -0.171. The number of benzene rings is 1. The molecule has 0 bridgehead atoms. The van der Waals surface area contributed by atoms with E-state index in [-0.39, 0.29) is 12.3 Å². The van der Waals surface area contributed by atoms with E-state index < -0.39 is 5.82 Å². The third kappa shape index (κ3) is 2.97. The molecule has 0 radical (unpaired) electrons. The summed E-state index contributed by atoms with van der Waals surface area (Å²) in [6.45, 7) is 0.545. The smallest absolute Gasteiger partial charge is 0.165 e. The Kier molecular flexibility index (Phi) is 3.99. The monoisotopic (exact) mass is 271 g/mol. The molecule has 0 unspecified atom stereocenters. The Morgan fingerprint density at radius 1 is 1.29 bits per heavy atom. The number of ether oxygens (including phenoxy) is 1. The highest BCUT2D eigenvalue weighted by Crippen LogP contribution is 2.26. The van der Waals surface area contributed by atoms with Crippen LogP contribution in [-0.4, -0.2) is 0 Å². The van der Waals surface area contributed by atoms with E-state index in [2.05, 4.69) is 0 Å². The van der Waals surface area contributed by atoms with E-state index in [0.717, 1.165) is 4.88 Å². The van der Waals surface area contributed by atoms with Crippen molar-refractivity contribution in [3.05, 3.63) is 50.9 Å². The van der Waals surface area contributed by atoms with Gasteiger partial charge in [0, 0.05) is 17.0 Å². The van der Waals surface area contributed by atoms with E-state index in [1.54, 1.807) is 18.2 Å². The molecule has 0 saturated carbocycles. The molecule has 90 valence electrons. The van der Waals surface area contributed by atoms with Crippen LogP contribution in [0.2, 0.25) is 4.34 Å². The van der Waals surface area contributed by atoms with Crippen molar-refractivity contribution in [1.82, 2.24) is 0 Å². The molecule has 2 aromatic rings. The van der Waals surface area contributed by atoms with Gasteiger partial charge < -0.3 is 10.5 Å². The average molecular weight is 272 g/mol. The van der Waals surface area contributed by atoms with Gasteiger partial charge in [0.25, 0.3) is 0 Å². The second-order valence-electron chi connectivity index (χ2n) is 3.43. The zero-order chi connectivity index (χ0) is 12.3. The van der Waals surface area contributed by atoms with Gasteiger partial charge in [0.1, 0.15) is 6.61 Å². The lowest BCUT2D eigenvalue weighted by atomic mass is 10.2. The minimum absolute atomic E-state index is 0.222. The molecule has 2 N–H and O–H groups in total. The Morgan fingerprint density at radius 3 is 2.76 bits per heavy atom. The highest BCUT2D eigenvalue weighted by atomic mass is 35.5. The summed E-state index contributed by atoms with van der Waals surface area (Å²) >= 11 is 7.21. The number of para-hydroxylation sites is 1. The maximum Gasteiger partial charge on any atom is 0.165 e. The maximum absolute atomic E-state index is 13.5. The summed E-state index contributed by atoms with van der Waals surface area (Å²) < 4.78 is 19.7. The Bertz CT molecular complexity index is 515. The molecule has 0 atom stereocenters. The second-order valence-corrected chi connectivity index (χ2v) is 5.23. The summed E-state index contributed by atoms with van der Waals surface area (Å²) in [5, 5.41) is 0. The molecule has 0 aliphatic heterocycles. The first kappa shape index (κ1) is 12.4. The van der Waals surface area contributed by atoms with Gasteiger partial charge in [-0.15, -0.1) is 11.3 Å². The standard InChI is InChI=1S/C12H11ClFNOS/c13-11-5-4-9(17-11)7-16-12-8(6-15)2-1-3-10(12)14/h1-5H,6-7,15H2. The van der Waals surface area contributed by atoms with Crippen LogP contribution in [0, 0.1) is 5.82 Å². The largest absolute Gasteiger partial charge is 0.485 e. The number of hydrogen-bond donors (Lipinski definition) is 1. The number of hydrogen-bond acceptors (Lipinski definition) is 3. The zero-order valence-corrected chi connectivity index (χ0v) is 10.5. The van der Waals surface area contributed by atoms with E-state index >= 15 is 0 Å². The molecule has 2 rings (SSSR count). The third-order valence-corrected chi connectivity index (χ3v) is 3.46. The van der Waals surface area contributed by atoms with Crippen LogP contribution in [0.15, 0.2) is 30.3 Å². The normalized spacial score (nSPS) is 10.5. The molecule has 0 spiro atoms. The van der Waals surface area contributed by atoms with E-state index in [9.17, 15) is 4.39 Å². The molecule has 2 nitrogen and oxygen atoms in total. The first-order valence-electron chi connectivity index (χ1n) is 5.05. The van der Waals surface area contributed by atoms with Crippen molar-refractivity contribution in [3.63, 3.8) is 0 Å². The van der Waals surface area contributed by atoms with Crippen LogP contribution in [0.25, 0.3) is 0 Å². The summed E-state index contributed by atoms with van der Waals surface area (Å²) in [4.78, 5) is 0.946. The molecule has 1 aromatic heterocycles.